The van der Waals surface area contributed by atoms with Crippen LogP contribution in [0.3, 0.4) is 0 Å². The minimum absolute atomic E-state index is 0.228. The number of ether oxygens (including phenoxy) is 3. The summed E-state index contributed by atoms with van der Waals surface area (Å²) in [5, 5.41) is 0. The van der Waals surface area contributed by atoms with Gasteiger partial charge in [-0.05, 0) is 30.9 Å². The van der Waals surface area contributed by atoms with Crippen LogP contribution in [0.1, 0.15) is 19.8 Å². The molecule has 126 valence electrons. The monoisotopic (exact) mass is 328 g/mol. The lowest BCUT2D eigenvalue weighted by atomic mass is 9.99. The third kappa shape index (κ3) is 2.77. The SMILES string of the molecule is CC1CCN(c2ncnc(Oc3ccc4c(c3)OCO4)c2N)CC1. The summed E-state index contributed by atoms with van der Waals surface area (Å²) in [5.74, 6) is 3.81. The molecule has 0 radical (unpaired) electrons. The maximum absolute atomic E-state index is 6.26. The summed E-state index contributed by atoms with van der Waals surface area (Å²) < 4.78 is 16.5. The van der Waals surface area contributed by atoms with E-state index in [4.69, 9.17) is 19.9 Å². The molecule has 0 unspecified atom stereocenters. The molecule has 1 fully saturated rings. The average Bonchev–Trinajstić information content (AvgIpc) is 3.05. The van der Waals surface area contributed by atoms with Gasteiger partial charge in [-0.2, -0.15) is 4.98 Å². The number of hydrogen-bond donors (Lipinski definition) is 1. The standard InChI is InChI=1S/C17H20N4O3/c1-11-4-6-21(7-5-11)16-15(18)17(20-9-19-16)24-12-2-3-13-14(8-12)23-10-22-13/h2-3,8-9,11H,4-7,10,18H2,1H3. The molecule has 0 spiro atoms. The number of nitrogens with two attached hydrogens (primary N) is 1. The molecule has 7 heteroatoms. The maximum atomic E-state index is 6.26. The number of benzene rings is 1. The van der Waals surface area contributed by atoms with Crippen LogP contribution in [0, 0.1) is 5.92 Å². The number of aromatic nitrogens is 2. The van der Waals surface area contributed by atoms with Crippen LogP contribution in [-0.2, 0) is 0 Å². The summed E-state index contributed by atoms with van der Waals surface area (Å²) in [6.07, 6.45) is 3.77. The largest absolute Gasteiger partial charge is 0.454 e. The Hall–Kier alpha value is -2.70. The van der Waals surface area contributed by atoms with Gasteiger partial charge in [-0.25, -0.2) is 4.98 Å². The quantitative estimate of drug-likeness (QED) is 0.927. The highest BCUT2D eigenvalue weighted by molar-refractivity contribution is 5.68. The van der Waals surface area contributed by atoms with Gasteiger partial charge in [-0.3, -0.25) is 0 Å². The number of fused-ring (bicyclic) bond motifs is 1. The van der Waals surface area contributed by atoms with Gasteiger partial charge in [0.05, 0.1) is 0 Å². The molecule has 24 heavy (non-hydrogen) atoms. The summed E-state index contributed by atoms with van der Waals surface area (Å²) >= 11 is 0. The van der Waals surface area contributed by atoms with Gasteiger partial charge in [0, 0.05) is 19.2 Å². The number of piperidine rings is 1. The Morgan fingerprint density at radius 1 is 1.17 bits per heavy atom. The lowest BCUT2D eigenvalue weighted by Gasteiger charge is -2.31. The van der Waals surface area contributed by atoms with Gasteiger partial charge < -0.3 is 24.8 Å². The molecule has 2 N–H and O–H groups in total. The number of hydrogen-bond acceptors (Lipinski definition) is 7. The summed E-state index contributed by atoms with van der Waals surface area (Å²) in [6, 6.07) is 5.38. The molecule has 7 nitrogen and oxygen atoms in total. The molecule has 2 aliphatic heterocycles. The average molecular weight is 328 g/mol. The lowest BCUT2D eigenvalue weighted by molar-refractivity contribution is 0.174. The van der Waals surface area contributed by atoms with E-state index in [1.807, 2.05) is 6.07 Å². The molecular formula is C17H20N4O3. The first-order valence-corrected chi connectivity index (χ1v) is 8.13. The molecule has 0 aliphatic carbocycles. The van der Waals surface area contributed by atoms with Crippen LogP contribution < -0.4 is 24.8 Å². The van der Waals surface area contributed by atoms with Gasteiger partial charge >= 0.3 is 0 Å². The molecule has 1 aromatic heterocycles. The van der Waals surface area contributed by atoms with Crippen molar-refractivity contribution in [3.8, 4) is 23.1 Å². The zero-order chi connectivity index (χ0) is 16.5. The van der Waals surface area contributed by atoms with Gasteiger partial charge in [0.2, 0.25) is 12.7 Å². The normalized spacial score (nSPS) is 17.1. The van der Waals surface area contributed by atoms with Crippen molar-refractivity contribution < 1.29 is 14.2 Å². The van der Waals surface area contributed by atoms with Crippen LogP contribution in [-0.4, -0.2) is 29.9 Å². The predicted molar refractivity (Wildman–Crippen MR) is 89.7 cm³/mol. The van der Waals surface area contributed by atoms with Gasteiger partial charge in [0.25, 0.3) is 0 Å². The second kappa shape index (κ2) is 6.07. The van der Waals surface area contributed by atoms with Crippen molar-refractivity contribution in [1.29, 1.82) is 0 Å². The molecule has 2 aliphatic rings. The molecule has 0 atom stereocenters. The van der Waals surface area contributed by atoms with Crippen LogP contribution in [0.5, 0.6) is 23.1 Å². The molecule has 0 saturated carbocycles. The first-order chi connectivity index (χ1) is 11.7. The molecule has 0 amide bonds. The van der Waals surface area contributed by atoms with Crippen molar-refractivity contribution in [1.82, 2.24) is 9.97 Å². The van der Waals surface area contributed by atoms with E-state index >= 15 is 0 Å². The Balaban J connectivity index is 1.56. The van der Waals surface area contributed by atoms with E-state index in [1.165, 1.54) is 6.33 Å². The number of rotatable bonds is 3. The summed E-state index contributed by atoms with van der Waals surface area (Å²) in [4.78, 5) is 10.7. The van der Waals surface area contributed by atoms with E-state index in [0.717, 1.165) is 37.7 Å². The third-order valence-corrected chi connectivity index (χ3v) is 4.47. The highest BCUT2D eigenvalue weighted by Gasteiger charge is 2.22. The third-order valence-electron chi connectivity index (χ3n) is 4.47. The fraction of sp³-hybridized carbons (Fsp3) is 0.412. The smallest absolute Gasteiger partial charge is 0.248 e. The molecule has 0 bridgehead atoms. The Bertz CT molecular complexity index is 745. The van der Waals surface area contributed by atoms with Crippen LogP contribution in [0.4, 0.5) is 11.5 Å². The molecule has 2 aromatic rings. The maximum Gasteiger partial charge on any atom is 0.248 e. The Morgan fingerprint density at radius 2 is 1.96 bits per heavy atom. The van der Waals surface area contributed by atoms with Crippen molar-refractivity contribution in [3.63, 3.8) is 0 Å². The van der Waals surface area contributed by atoms with E-state index in [2.05, 4.69) is 21.8 Å². The summed E-state index contributed by atoms with van der Waals surface area (Å²) in [6.45, 7) is 4.40. The summed E-state index contributed by atoms with van der Waals surface area (Å²) in [7, 11) is 0. The number of anilines is 2. The lowest BCUT2D eigenvalue weighted by Crippen LogP contribution is -2.34. The number of nitrogen functional groups attached to an aromatic ring is 1. The van der Waals surface area contributed by atoms with Crippen molar-refractivity contribution in [2.75, 3.05) is 30.5 Å². The summed E-state index contributed by atoms with van der Waals surface area (Å²) in [5.41, 5.74) is 6.72. The van der Waals surface area contributed by atoms with E-state index in [0.29, 0.717) is 28.8 Å². The van der Waals surface area contributed by atoms with Gasteiger partial charge in [-0.15, -0.1) is 0 Å². The highest BCUT2D eigenvalue weighted by atomic mass is 16.7. The van der Waals surface area contributed by atoms with Gasteiger partial charge in [-0.1, -0.05) is 6.92 Å². The second-order valence-corrected chi connectivity index (χ2v) is 6.20. The van der Waals surface area contributed by atoms with Crippen LogP contribution in [0.2, 0.25) is 0 Å². The van der Waals surface area contributed by atoms with E-state index in [9.17, 15) is 0 Å². The molecule has 3 heterocycles. The van der Waals surface area contributed by atoms with Crippen LogP contribution >= 0.6 is 0 Å². The first kappa shape index (κ1) is 14.9. The fourth-order valence-corrected chi connectivity index (χ4v) is 2.98. The Morgan fingerprint density at radius 3 is 2.79 bits per heavy atom. The van der Waals surface area contributed by atoms with Gasteiger partial charge in [0.15, 0.2) is 17.3 Å². The number of nitrogens with zero attached hydrogens (tertiary/aromatic N) is 3. The minimum atomic E-state index is 0.228. The Labute approximate surface area is 140 Å². The van der Waals surface area contributed by atoms with E-state index < -0.39 is 0 Å². The zero-order valence-electron chi connectivity index (χ0n) is 13.6. The predicted octanol–water partition coefficient (Wildman–Crippen LogP) is 2.82. The molecule has 4 rings (SSSR count). The van der Waals surface area contributed by atoms with Crippen molar-refractivity contribution in [3.05, 3.63) is 24.5 Å². The first-order valence-electron chi connectivity index (χ1n) is 8.13. The Kier molecular flexibility index (Phi) is 3.76. The van der Waals surface area contributed by atoms with Crippen molar-refractivity contribution in [2.45, 2.75) is 19.8 Å². The van der Waals surface area contributed by atoms with E-state index in [1.54, 1.807) is 12.1 Å². The minimum Gasteiger partial charge on any atom is -0.454 e. The highest BCUT2D eigenvalue weighted by Crippen LogP contribution is 2.38. The molecule has 1 saturated heterocycles. The second-order valence-electron chi connectivity index (χ2n) is 6.20. The van der Waals surface area contributed by atoms with Crippen LogP contribution in [0.25, 0.3) is 0 Å². The van der Waals surface area contributed by atoms with Crippen molar-refractivity contribution in [2.24, 2.45) is 5.92 Å². The topological polar surface area (TPSA) is 82.7 Å². The van der Waals surface area contributed by atoms with Crippen molar-refractivity contribution >= 4 is 11.5 Å². The zero-order valence-corrected chi connectivity index (χ0v) is 13.6. The van der Waals surface area contributed by atoms with Gasteiger partial charge in [0.1, 0.15) is 17.8 Å². The van der Waals surface area contributed by atoms with Crippen LogP contribution in [0.15, 0.2) is 24.5 Å². The fourth-order valence-electron chi connectivity index (χ4n) is 2.98. The molecular weight excluding hydrogens is 308 g/mol. The van der Waals surface area contributed by atoms with E-state index in [-0.39, 0.29) is 6.79 Å². The molecule has 1 aromatic carbocycles.